The molecule has 0 aliphatic rings. The van der Waals surface area contributed by atoms with E-state index >= 15 is 0 Å². The summed E-state index contributed by atoms with van der Waals surface area (Å²) >= 11 is 1.43. The number of hydrogen-bond acceptors (Lipinski definition) is 7. The summed E-state index contributed by atoms with van der Waals surface area (Å²) in [6.45, 7) is 6.07. The first-order valence-corrected chi connectivity index (χ1v) is 10.6. The van der Waals surface area contributed by atoms with Gasteiger partial charge >= 0.3 is 5.97 Å². The van der Waals surface area contributed by atoms with Gasteiger partial charge in [-0.05, 0) is 55.0 Å². The molecule has 0 aliphatic carbocycles. The molecule has 2 heterocycles. The van der Waals surface area contributed by atoms with E-state index in [9.17, 15) is 4.79 Å². The molecule has 30 heavy (non-hydrogen) atoms. The van der Waals surface area contributed by atoms with E-state index in [1.165, 1.54) is 11.8 Å². The highest BCUT2D eigenvalue weighted by molar-refractivity contribution is 7.98. The number of rotatable bonds is 6. The molecule has 0 aliphatic heterocycles. The molecule has 0 N–H and O–H groups in total. The maximum atomic E-state index is 12.7. The maximum Gasteiger partial charge on any atom is 0.340 e. The van der Waals surface area contributed by atoms with Crippen molar-refractivity contribution in [2.24, 2.45) is 0 Å². The Morgan fingerprint density at radius 3 is 2.63 bits per heavy atom. The van der Waals surface area contributed by atoms with Crippen molar-refractivity contribution in [2.45, 2.75) is 31.7 Å². The van der Waals surface area contributed by atoms with Crippen molar-refractivity contribution in [1.29, 1.82) is 0 Å². The first-order chi connectivity index (χ1) is 14.6. The van der Waals surface area contributed by atoms with E-state index in [4.69, 9.17) is 9.72 Å². The minimum Gasteiger partial charge on any atom is -0.462 e. The number of nitrogens with zero attached hydrogens (tertiary/aromatic N) is 5. The summed E-state index contributed by atoms with van der Waals surface area (Å²) in [5.74, 6) is 0.0773. The van der Waals surface area contributed by atoms with Crippen LogP contribution in [0, 0.1) is 13.8 Å². The monoisotopic (exact) mass is 419 g/mol. The van der Waals surface area contributed by atoms with Gasteiger partial charge in [0.2, 0.25) is 5.16 Å². The lowest BCUT2D eigenvalue weighted by molar-refractivity contribution is 0.0524. The molecule has 0 spiro atoms. The average Bonchev–Trinajstić information content (AvgIpc) is 3.21. The van der Waals surface area contributed by atoms with Crippen LogP contribution in [0.5, 0.6) is 0 Å². The molecule has 152 valence electrons. The molecule has 0 amide bonds. The number of fused-ring (bicyclic) bond motifs is 1. The Morgan fingerprint density at radius 2 is 1.87 bits per heavy atom. The van der Waals surface area contributed by atoms with Gasteiger partial charge in [0, 0.05) is 11.1 Å². The number of carbonyl (C=O) groups is 1. The van der Waals surface area contributed by atoms with Crippen LogP contribution in [0.15, 0.2) is 53.7 Å². The quantitative estimate of drug-likeness (QED) is 0.340. The summed E-state index contributed by atoms with van der Waals surface area (Å²) in [7, 11) is 0. The van der Waals surface area contributed by atoms with Gasteiger partial charge in [-0.2, -0.15) is 4.68 Å². The van der Waals surface area contributed by atoms with Crippen molar-refractivity contribution >= 4 is 28.6 Å². The van der Waals surface area contributed by atoms with Crippen molar-refractivity contribution < 1.29 is 9.53 Å². The second kappa shape index (κ2) is 8.62. The highest BCUT2D eigenvalue weighted by Crippen LogP contribution is 2.29. The van der Waals surface area contributed by atoms with Gasteiger partial charge in [-0.3, -0.25) is 4.98 Å². The molecule has 0 bridgehead atoms. The fourth-order valence-electron chi connectivity index (χ4n) is 3.27. The minimum atomic E-state index is -0.359. The molecule has 4 aromatic rings. The Hall–Kier alpha value is -3.26. The molecule has 7 nitrogen and oxygen atoms in total. The second-order valence-corrected chi connectivity index (χ2v) is 7.74. The fourth-order valence-corrected chi connectivity index (χ4v) is 4.10. The molecule has 0 atom stereocenters. The highest BCUT2D eigenvalue weighted by atomic mass is 32.2. The lowest BCUT2D eigenvalue weighted by Crippen LogP contribution is -2.12. The molecule has 0 unspecified atom stereocenters. The van der Waals surface area contributed by atoms with Gasteiger partial charge in [0.1, 0.15) is 0 Å². The van der Waals surface area contributed by atoms with Crippen molar-refractivity contribution in [3.63, 3.8) is 0 Å². The predicted molar refractivity (Wildman–Crippen MR) is 116 cm³/mol. The molecule has 4 rings (SSSR count). The normalized spacial score (nSPS) is 11.0. The van der Waals surface area contributed by atoms with E-state index < -0.39 is 0 Å². The molecule has 0 fully saturated rings. The number of para-hydroxylation sites is 1. The van der Waals surface area contributed by atoms with Crippen LogP contribution in [0.25, 0.3) is 16.6 Å². The van der Waals surface area contributed by atoms with Gasteiger partial charge in [0.05, 0.1) is 29.1 Å². The lowest BCUT2D eigenvalue weighted by atomic mass is 10.0. The summed E-state index contributed by atoms with van der Waals surface area (Å²) in [6, 6.07) is 15.8. The number of carbonyl (C=O) groups excluding carboxylic acids is 1. The summed E-state index contributed by atoms with van der Waals surface area (Å²) in [5.41, 5.74) is 4.92. The van der Waals surface area contributed by atoms with Crippen molar-refractivity contribution in [1.82, 2.24) is 25.2 Å². The molecule has 8 heteroatoms. The SMILES string of the molecule is CCOC(=O)c1c(CSc2nnnn2-c2ccc(C)cc2)nc2ccccc2c1C. The third-order valence-electron chi connectivity index (χ3n) is 4.76. The van der Waals surface area contributed by atoms with Gasteiger partial charge in [-0.15, -0.1) is 5.10 Å². The standard InChI is InChI=1S/C22H21N5O2S/c1-4-29-21(28)20-15(3)17-7-5-6-8-18(17)23-19(20)13-30-22-24-25-26-27(22)16-11-9-14(2)10-12-16/h5-12H,4,13H2,1-3H3. The number of tetrazole rings is 1. The third kappa shape index (κ3) is 3.91. The summed E-state index contributed by atoms with van der Waals surface area (Å²) < 4.78 is 6.99. The zero-order chi connectivity index (χ0) is 21.1. The number of aryl methyl sites for hydroxylation is 2. The van der Waals surface area contributed by atoms with Gasteiger partial charge in [-0.1, -0.05) is 47.7 Å². The zero-order valence-electron chi connectivity index (χ0n) is 17.0. The molecular weight excluding hydrogens is 398 g/mol. The Kier molecular flexibility index (Phi) is 5.76. The Bertz CT molecular complexity index is 1200. The van der Waals surface area contributed by atoms with Crippen LogP contribution in [0.3, 0.4) is 0 Å². The number of aromatic nitrogens is 5. The Labute approximate surface area is 178 Å². The van der Waals surface area contributed by atoms with Crippen LogP contribution in [-0.2, 0) is 10.5 Å². The fraction of sp³-hybridized carbons (Fsp3) is 0.227. The van der Waals surface area contributed by atoms with Crippen molar-refractivity contribution in [2.75, 3.05) is 6.61 Å². The number of ether oxygens (including phenoxy) is 1. The topological polar surface area (TPSA) is 82.8 Å². The lowest BCUT2D eigenvalue weighted by Gasteiger charge is -2.13. The number of pyridine rings is 1. The van der Waals surface area contributed by atoms with Gasteiger partial charge < -0.3 is 4.74 Å². The van der Waals surface area contributed by atoms with E-state index in [1.54, 1.807) is 11.6 Å². The number of hydrogen-bond donors (Lipinski definition) is 0. The first kappa shape index (κ1) is 20.0. The number of benzene rings is 2. The molecule has 0 radical (unpaired) electrons. The molecule has 0 saturated heterocycles. The Balaban J connectivity index is 1.69. The largest absolute Gasteiger partial charge is 0.462 e. The minimum absolute atomic E-state index is 0.309. The molecule has 2 aromatic carbocycles. The van der Waals surface area contributed by atoms with Crippen LogP contribution in [0.1, 0.15) is 34.1 Å². The van der Waals surface area contributed by atoms with E-state index in [0.29, 0.717) is 28.8 Å². The van der Waals surface area contributed by atoms with E-state index in [-0.39, 0.29) is 5.97 Å². The van der Waals surface area contributed by atoms with Gasteiger partial charge in [0.25, 0.3) is 0 Å². The highest BCUT2D eigenvalue weighted by Gasteiger charge is 2.21. The molecule has 2 aromatic heterocycles. The van der Waals surface area contributed by atoms with Crippen molar-refractivity contribution in [3.05, 3.63) is 70.9 Å². The molecule has 0 saturated carbocycles. The predicted octanol–water partition coefficient (Wildman–Crippen LogP) is 4.30. The second-order valence-electron chi connectivity index (χ2n) is 6.79. The van der Waals surface area contributed by atoms with Crippen LogP contribution in [0.2, 0.25) is 0 Å². The van der Waals surface area contributed by atoms with Crippen LogP contribution >= 0.6 is 11.8 Å². The van der Waals surface area contributed by atoms with Crippen LogP contribution in [0.4, 0.5) is 0 Å². The third-order valence-corrected chi connectivity index (χ3v) is 5.69. The zero-order valence-corrected chi connectivity index (χ0v) is 17.8. The summed E-state index contributed by atoms with van der Waals surface area (Å²) in [4.78, 5) is 17.4. The van der Waals surface area contributed by atoms with Crippen LogP contribution in [-0.4, -0.2) is 37.8 Å². The number of esters is 1. The van der Waals surface area contributed by atoms with Gasteiger partial charge in [-0.25, -0.2) is 4.79 Å². The summed E-state index contributed by atoms with van der Waals surface area (Å²) in [6.07, 6.45) is 0. The first-order valence-electron chi connectivity index (χ1n) is 9.62. The maximum absolute atomic E-state index is 12.7. The van der Waals surface area contributed by atoms with Gasteiger partial charge in [0.15, 0.2) is 0 Å². The van der Waals surface area contributed by atoms with Crippen molar-refractivity contribution in [3.8, 4) is 5.69 Å². The van der Waals surface area contributed by atoms with E-state index in [1.807, 2.05) is 62.4 Å². The van der Waals surface area contributed by atoms with E-state index in [0.717, 1.165) is 27.7 Å². The molecular formula is C22H21N5O2S. The summed E-state index contributed by atoms with van der Waals surface area (Å²) in [5, 5.41) is 13.6. The number of thioether (sulfide) groups is 1. The van der Waals surface area contributed by atoms with Crippen LogP contribution < -0.4 is 0 Å². The average molecular weight is 420 g/mol. The Morgan fingerprint density at radius 1 is 1.10 bits per heavy atom. The smallest absolute Gasteiger partial charge is 0.340 e. The van der Waals surface area contributed by atoms with E-state index in [2.05, 4.69) is 15.5 Å².